The molecule has 0 saturated carbocycles. The lowest BCUT2D eigenvalue weighted by Crippen LogP contribution is -2.32. The molecule has 110 valence electrons. The molecule has 6 heteroatoms. The molecule has 3 N–H and O–H groups in total. The zero-order valence-corrected chi connectivity index (χ0v) is 14.9. The Morgan fingerprint density at radius 1 is 1.42 bits per heavy atom. The zero-order valence-electron chi connectivity index (χ0n) is 12.5. The van der Waals surface area contributed by atoms with Crippen LogP contribution >= 0.6 is 24.0 Å². The molecule has 0 aliphatic heterocycles. The number of guanidine groups is 1. The molecule has 0 aliphatic rings. The first-order valence-electron chi connectivity index (χ1n) is 6.44. The van der Waals surface area contributed by atoms with Crippen LogP contribution < -0.4 is 11.1 Å². The van der Waals surface area contributed by atoms with E-state index in [2.05, 4.69) is 29.3 Å². The van der Waals surface area contributed by atoms with Crippen molar-refractivity contribution < 1.29 is 0 Å². The van der Waals surface area contributed by atoms with E-state index in [1.54, 1.807) is 0 Å². The van der Waals surface area contributed by atoms with Gasteiger partial charge in [0.05, 0.1) is 12.2 Å². The summed E-state index contributed by atoms with van der Waals surface area (Å²) in [7, 11) is 1.94. The van der Waals surface area contributed by atoms with Gasteiger partial charge in [0.2, 0.25) is 0 Å². The lowest BCUT2D eigenvalue weighted by Gasteiger charge is -2.07. The standard InChI is InChI=1S/C13H25N5.HI/c1-9(2)6-7-15-13(14)16-8-12-10(3)17-18(5)11(12)4;/h9H,6-8H2,1-5H3,(H3,14,15,16);1H. The smallest absolute Gasteiger partial charge is 0.188 e. The number of aliphatic imine (C=N–C) groups is 1. The molecule has 1 heterocycles. The third kappa shape index (κ3) is 5.80. The minimum absolute atomic E-state index is 0. The maximum absolute atomic E-state index is 5.83. The number of hydrogen-bond acceptors (Lipinski definition) is 2. The van der Waals surface area contributed by atoms with Gasteiger partial charge in [-0.05, 0) is 26.2 Å². The van der Waals surface area contributed by atoms with Crippen LogP contribution in [-0.4, -0.2) is 22.3 Å². The highest BCUT2D eigenvalue weighted by molar-refractivity contribution is 14.0. The van der Waals surface area contributed by atoms with Crippen LogP contribution in [-0.2, 0) is 13.6 Å². The Morgan fingerprint density at radius 3 is 2.53 bits per heavy atom. The first-order chi connectivity index (χ1) is 8.41. The van der Waals surface area contributed by atoms with Crippen LogP contribution in [0.25, 0.3) is 0 Å². The molecule has 0 atom stereocenters. The first kappa shape index (κ1) is 18.2. The van der Waals surface area contributed by atoms with E-state index in [1.807, 2.05) is 25.6 Å². The van der Waals surface area contributed by atoms with Crippen molar-refractivity contribution >= 4 is 29.9 Å². The molecule has 1 aromatic rings. The summed E-state index contributed by atoms with van der Waals surface area (Å²) in [4.78, 5) is 4.36. The summed E-state index contributed by atoms with van der Waals surface area (Å²) in [5, 5.41) is 7.49. The summed E-state index contributed by atoms with van der Waals surface area (Å²) in [6, 6.07) is 0. The maximum Gasteiger partial charge on any atom is 0.188 e. The molecular weight excluding hydrogens is 353 g/mol. The van der Waals surface area contributed by atoms with Gasteiger partial charge in [0.15, 0.2) is 5.96 Å². The molecular formula is C13H26IN5. The fourth-order valence-electron chi connectivity index (χ4n) is 1.76. The van der Waals surface area contributed by atoms with Gasteiger partial charge in [0.1, 0.15) is 0 Å². The van der Waals surface area contributed by atoms with Crippen LogP contribution in [0.5, 0.6) is 0 Å². The predicted octanol–water partition coefficient (Wildman–Crippen LogP) is 2.11. The minimum atomic E-state index is 0. The van der Waals surface area contributed by atoms with Crippen molar-refractivity contribution in [2.24, 2.45) is 23.7 Å². The second-order valence-electron chi connectivity index (χ2n) is 5.08. The second-order valence-corrected chi connectivity index (χ2v) is 5.08. The Hall–Kier alpha value is -0.790. The number of aryl methyl sites for hydroxylation is 2. The monoisotopic (exact) mass is 379 g/mol. The van der Waals surface area contributed by atoms with E-state index < -0.39 is 0 Å². The Balaban J connectivity index is 0.00000324. The summed E-state index contributed by atoms with van der Waals surface area (Å²) in [5.41, 5.74) is 9.15. The van der Waals surface area contributed by atoms with Crippen molar-refractivity contribution in [2.75, 3.05) is 6.54 Å². The van der Waals surface area contributed by atoms with Crippen LogP contribution in [0.1, 0.15) is 37.2 Å². The van der Waals surface area contributed by atoms with Gasteiger partial charge in [-0.15, -0.1) is 24.0 Å². The number of nitrogens with one attached hydrogen (secondary N) is 1. The van der Waals surface area contributed by atoms with Gasteiger partial charge in [-0.1, -0.05) is 13.8 Å². The largest absolute Gasteiger partial charge is 0.370 e. The molecule has 0 fully saturated rings. The van der Waals surface area contributed by atoms with Gasteiger partial charge in [0, 0.05) is 24.8 Å². The quantitative estimate of drug-likeness (QED) is 0.468. The van der Waals surface area contributed by atoms with Gasteiger partial charge >= 0.3 is 0 Å². The highest BCUT2D eigenvalue weighted by atomic mass is 127. The van der Waals surface area contributed by atoms with E-state index >= 15 is 0 Å². The number of hydrogen-bond donors (Lipinski definition) is 2. The van der Waals surface area contributed by atoms with Gasteiger partial charge in [-0.25, -0.2) is 4.99 Å². The number of nitrogens with two attached hydrogens (primary N) is 1. The van der Waals surface area contributed by atoms with E-state index in [9.17, 15) is 0 Å². The van der Waals surface area contributed by atoms with Crippen molar-refractivity contribution in [1.82, 2.24) is 15.1 Å². The topological polar surface area (TPSA) is 68.2 Å². The van der Waals surface area contributed by atoms with Crippen molar-refractivity contribution in [3.05, 3.63) is 17.0 Å². The molecule has 0 aliphatic carbocycles. The Bertz CT molecular complexity index is 423. The fraction of sp³-hybridized carbons (Fsp3) is 0.692. The average molecular weight is 379 g/mol. The van der Waals surface area contributed by atoms with E-state index in [4.69, 9.17) is 5.73 Å². The molecule has 0 aromatic carbocycles. The lowest BCUT2D eigenvalue weighted by molar-refractivity contribution is 0.576. The van der Waals surface area contributed by atoms with Gasteiger partial charge < -0.3 is 11.1 Å². The normalized spacial score (nSPS) is 11.6. The number of aromatic nitrogens is 2. The van der Waals surface area contributed by atoms with Gasteiger partial charge in [0.25, 0.3) is 0 Å². The summed E-state index contributed by atoms with van der Waals surface area (Å²) < 4.78 is 1.88. The molecule has 1 rings (SSSR count). The molecule has 0 bridgehead atoms. The van der Waals surface area contributed by atoms with Crippen molar-refractivity contribution in [2.45, 2.75) is 40.7 Å². The molecule has 1 aromatic heterocycles. The van der Waals surface area contributed by atoms with Gasteiger partial charge in [-0.2, -0.15) is 5.10 Å². The SMILES string of the molecule is Cc1nn(C)c(C)c1CN=C(N)NCCC(C)C.I. The molecule has 0 saturated heterocycles. The molecule has 0 amide bonds. The van der Waals surface area contributed by atoms with E-state index in [0.717, 1.165) is 29.9 Å². The Morgan fingerprint density at radius 2 is 2.05 bits per heavy atom. The Labute approximate surface area is 133 Å². The van der Waals surface area contributed by atoms with Gasteiger partial charge in [-0.3, -0.25) is 4.68 Å². The lowest BCUT2D eigenvalue weighted by atomic mass is 10.1. The summed E-state index contributed by atoms with van der Waals surface area (Å²) in [5.74, 6) is 1.19. The third-order valence-corrected chi connectivity index (χ3v) is 3.09. The summed E-state index contributed by atoms with van der Waals surface area (Å²) >= 11 is 0. The maximum atomic E-state index is 5.83. The van der Waals surface area contributed by atoms with Crippen LogP contribution in [0.3, 0.4) is 0 Å². The van der Waals surface area contributed by atoms with Crippen LogP contribution in [0.15, 0.2) is 4.99 Å². The molecule has 0 spiro atoms. The number of rotatable bonds is 5. The highest BCUT2D eigenvalue weighted by Crippen LogP contribution is 2.12. The fourth-order valence-corrected chi connectivity index (χ4v) is 1.76. The molecule has 0 radical (unpaired) electrons. The summed E-state index contributed by atoms with van der Waals surface area (Å²) in [6.45, 7) is 9.90. The van der Waals surface area contributed by atoms with Crippen LogP contribution in [0, 0.1) is 19.8 Å². The van der Waals surface area contributed by atoms with Crippen molar-refractivity contribution in [1.29, 1.82) is 0 Å². The molecule has 19 heavy (non-hydrogen) atoms. The van der Waals surface area contributed by atoms with Crippen molar-refractivity contribution in [3.8, 4) is 0 Å². The highest BCUT2D eigenvalue weighted by Gasteiger charge is 2.08. The Kier molecular flexibility index (Phi) is 8.05. The molecule has 0 unspecified atom stereocenters. The second kappa shape index (κ2) is 8.39. The average Bonchev–Trinajstić information content (AvgIpc) is 2.50. The number of nitrogens with zero attached hydrogens (tertiary/aromatic N) is 3. The van der Waals surface area contributed by atoms with E-state index in [0.29, 0.717) is 18.4 Å². The first-order valence-corrected chi connectivity index (χ1v) is 6.44. The third-order valence-electron chi connectivity index (χ3n) is 3.09. The molecule has 5 nitrogen and oxygen atoms in total. The minimum Gasteiger partial charge on any atom is -0.370 e. The zero-order chi connectivity index (χ0) is 13.7. The number of halogens is 1. The predicted molar refractivity (Wildman–Crippen MR) is 90.9 cm³/mol. The summed E-state index contributed by atoms with van der Waals surface area (Å²) in [6.07, 6.45) is 1.10. The van der Waals surface area contributed by atoms with E-state index in [-0.39, 0.29) is 24.0 Å². The van der Waals surface area contributed by atoms with E-state index in [1.165, 1.54) is 0 Å². The van der Waals surface area contributed by atoms with Crippen LogP contribution in [0.2, 0.25) is 0 Å². The van der Waals surface area contributed by atoms with Crippen molar-refractivity contribution in [3.63, 3.8) is 0 Å². The van der Waals surface area contributed by atoms with Crippen LogP contribution in [0.4, 0.5) is 0 Å².